The van der Waals surface area contributed by atoms with E-state index in [0.717, 1.165) is 12.1 Å². The summed E-state index contributed by atoms with van der Waals surface area (Å²) in [6.07, 6.45) is 0. The fraction of sp³-hybridized carbons (Fsp3) is 0.300. The molecule has 0 radical (unpaired) electrons. The van der Waals surface area contributed by atoms with Crippen molar-refractivity contribution in [2.75, 3.05) is 19.7 Å². The van der Waals surface area contributed by atoms with E-state index in [0.29, 0.717) is 11.6 Å². The molecule has 0 saturated heterocycles. The van der Waals surface area contributed by atoms with Crippen molar-refractivity contribution >= 4 is 21.8 Å². The van der Waals surface area contributed by atoms with Crippen LogP contribution < -0.4 is 0 Å². The van der Waals surface area contributed by atoms with Gasteiger partial charge in [-0.3, -0.25) is 4.79 Å². The van der Waals surface area contributed by atoms with Crippen LogP contribution in [0.2, 0.25) is 0 Å². The first-order valence-electron chi connectivity index (χ1n) is 8.88. The molecular formula is C20H21F2NO5S. The molecule has 0 aliphatic heterocycles. The van der Waals surface area contributed by atoms with Crippen LogP contribution in [0.25, 0.3) is 0 Å². The van der Waals surface area contributed by atoms with Crippen LogP contribution in [0, 0.1) is 18.6 Å². The van der Waals surface area contributed by atoms with Gasteiger partial charge < -0.3 is 4.74 Å². The van der Waals surface area contributed by atoms with Gasteiger partial charge in [0, 0.05) is 13.1 Å². The molecule has 0 atom stereocenters. The van der Waals surface area contributed by atoms with E-state index in [-0.39, 0.29) is 23.5 Å². The van der Waals surface area contributed by atoms with Gasteiger partial charge in [0.2, 0.25) is 15.8 Å². The largest absolute Gasteiger partial charge is 0.454 e. The second kappa shape index (κ2) is 9.23. The topological polar surface area (TPSA) is 80.8 Å². The number of halogens is 2. The van der Waals surface area contributed by atoms with Crippen molar-refractivity contribution in [1.29, 1.82) is 0 Å². The zero-order valence-corrected chi connectivity index (χ0v) is 17.1. The normalized spacial score (nSPS) is 11.5. The van der Waals surface area contributed by atoms with E-state index in [1.165, 1.54) is 22.5 Å². The van der Waals surface area contributed by atoms with Crippen LogP contribution in [0.4, 0.5) is 8.78 Å². The van der Waals surface area contributed by atoms with Gasteiger partial charge in [0.15, 0.2) is 6.61 Å². The number of nitrogens with zero attached hydrogens (tertiary/aromatic N) is 1. The Balaban J connectivity index is 2.23. The smallest absolute Gasteiger partial charge is 0.338 e. The molecule has 0 amide bonds. The van der Waals surface area contributed by atoms with Gasteiger partial charge in [-0.05, 0) is 42.8 Å². The van der Waals surface area contributed by atoms with Crippen LogP contribution in [0.5, 0.6) is 0 Å². The van der Waals surface area contributed by atoms with Crippen molar-refractivity contribution in [3.05, 3.63) is 64.7 Å². The Morgan fingerprint density at radius 3 is 2.28 bits per heavy atom. The highest BCUT2D eigenvalue weighted by molar-refractivity contribution is 7.89. The molecule has 2 aromatic carbocycles. The Morgan fingerprint density at radius 1 is 1.00 bits per heavy atom. The summed E-state index contributed by atoms with van der Waals surface area (Å²) in [4.78, 5) is 24.4. The van der Waals surface area contributed by atoms with E-state index in [9.17, 15) is 26.8 Å². The van der Waals surface area contributed by atoms with Crippen molar-refractivity contribution in [3.63, 3.8) is 0 Å². The molecule has 0 aliphatic carbocycles. The first kappa shape index (κ1) is 22.6. The van der Waals surface area contributed by atoms with E-state index < -0.39 is 45.6 Å². The van der Waals surface area contributed by atoms with Crippen LogP contribution in [0.3, 0.4) is 0 Å². The van der Waals surface area contributed by atoms with Gasteiger partial charge in [-0.25, -0.2) is 22.0 Å². The lowest BCUT2D eigenvalue weighted by Gasteiger charge is -2.19. The molecule has 29 heavy (non-hydrogen) atoms. The number of hydrogen-bond acceptors (Lipinski definition) is 5. The molecule has 0 N–H and O–H groups in total. The van der Waals surface area contributed by atoms with Crippen molar-refractivity contribution in [1.82, 2.24) is 4.31 Å². The molecule has 156 valence electrons. The summed E-state index contributed by atoms with van der Waals surface area (Å²) in [6, 6.07) is 6.40. The summed E-state index contributed by atoms with van der Waals surface area (Å²) in [7, 11) is -3.79. The van der Waals surface area contributed by atoms with Gasteiger partial charge in [0.1, 0.15) is 11.6 Å². The molecule has 9 heteroatoms. The van der Waals surface area contributed by atoms with Crippen LogP contribution in [0.1, 0.15) is 40.1 Å². The Labute approximate surface area is 168 Å². The maximum Gasteiger partial charge on any atom is 0.338 e. The predicted octanol–water partition coefficient (Wildman–Crippen LogP) is 3.34. The van der Waals surface area contributed by atoms with Crippen LogP contribution in [-0.4, -0.2) is 44.2 Å². The van der Waals surface area contributed by atoms with E-state index in [1.807, 2.05) is 0 Å². The maximum absolute atomic E-state index is 13.7. The highest BCUT2D eigenvalue weighted by Crippen LogP contribution is 2.20. The third-order valence-corrected chi connectivity index (χ3v) is 6.38. The minimum Gasteiger partial charge on any atom is -0.454 e. The molecule has 6 nitrogen and oxygen atoms in total. The zero-order chi connectivity index (χ0) is 21.8. The van der Waals surface area contributed by atoms with Gasteiger partial charge in [0.05, 0.1) is 16.0 Å². The SMILES string of the molecule is CCN(CC)S(=O)(=O)c1ccc(C)c(C(=O)OCC(=O)c2cc(F)ccc2F)c1. The van der Waals surface area contributed by atoms with Crippen molar-refractivity contribution in [2.45, 2.75) is 25.7 Å². The first-order valence-corrected chi connectivity index (χ1v) is 10.3. The average Bonchev–Trinajstić information content (AvgIpc) is 2.68. The fourth-order valence-electron chi connectivity index (χ4n) is 2.69. The summed E-state index contributed by atoms with van der Waals surface area (Å²) in [5.41, 5.74) is -0.129. The Kier molecular flexibility index (Phi) is 7.21. The second-order valence-electron chi connectivity index (χ2n) is 6.19. The number of esters is 1. The lowest BCUT2D eigenvalue weighted by atomic mass is 10.1. The molecule has 0 saturated carbocycles. The molecule has 0 fully saturated rings. The number of carbonyl (C=O) groups excluding carboxylic acids is 2. The van der Waals surface area contributed by atoms with Crippen LogP contribution in [-0.2, 0) is 14.8 Å². The van der Waals surface area contributed by atoms with Crippen LogP contribution >= 0.6 is 0 Å². The Bertz CT molecular complexity index is 1030. The van der Waals surface area contributed by atoms with E-state index in [2.05, 4.69) is 0 Å². The maximum atomic E-state index is 13.7. The third-order valence-electron chi connectivity index (χ3n) is 4.34. The fourth-order valence-corrected chi connectivity index (χ4v) is 4.18. The standard InChI is InChI=1S/C20H21F2NO5S/c1-4-23(5-2)29(26,27)15-8-6-13(3)16(11-15)20(25)28-12-19(24)17-10-14(21)7-9-18(17)22/h6-11H,4-5,12H2,1-3H3. The predicted molar refractivity (Wildman–Crippen MR) is 102 cm³/mol. The number of rotatable bonds is 8. The third kappa shape index (κ3) is 5.04. The number of sulfonamides is 1. The number of ketones is 1. The number of aryl methyl sites for hydroxylation is 1. The molecule has 0 aliphatic rings. The quantitative estimate of drug-likeness (QED) is 0.479. The minimum absolute atomic E-state index is 0.0363. The van der Waals surface area contributed by atoms with Gasteiger partial charge in [-0.2, -0.15) is 4.31 Å². The number of benzene rings is 2. The molecule has 2 rings (SSSR count). The molecule has 0 bridgehead atoms. The summed E-state index contributed by atoms with van der Waals surface area (Å²) in [5, 5.41) is 0. The molecular weight excluding hydrogens is 404 g/mol. The lowest BCUT2D eigenvalue weighted by Crippen LogP contribution is -2.30. The van der Waals surface area contributed by atoms with Crippen molar-refractivity contribution in [3.8, 4) is 0 Å². The van der Waals surface area contributed by atoms with Crippen molar-refractivity contribution < 1.29 is 31.5 Å². The van der Waals surface area contributed by atoms with Crippen molar-refractivity contribution in [2.24, 2.45) is 0 Å². The first-order chi connectivity index (χ1) is 13.6. The number of Topliss-reactive ketones (excluding diaryl/α,β-unsaturated/α-hetero) is 1. The monoisotopic (exact) mass is 425 g/mol. The summed E-state index contributed by atoms with van der Waals surface area (Å²) in [6.45, 7) is 4.69. The van der Waals surface area contributed by atoms with E-state index >= 15 is 0 Å². The molecule has 0 unspecified atom stereocenters. The molecule has 0 spiro atoms. The number of ether oxygens (including phenoxy) is 1. The Morgan fingerprint density at radius 2 is 1.66 bits per heavy atom. The summed E-state index contributed by atoms with van der Waals surface area (Å²) in [5.74, 6) is -3.59. The summed E-state index contributed by atoms with van der Waals surface area (Å²) >= 11 is 0. The highest BCUT2D eigenvalue weighted by Gasteiger charge is 2.24. The second-order valence-corrected chi connectivity index (χ2v) is 8.13. The van der Waals surface area contributed by atoms with Gasteiger partial charge in [-0.15, -0.1) is 0 Å². The van der Waals surface area contributed by atoms with E-state index in [1.54, 1.807) is 20.8 Å². The van der Waals surface area contributed by atoms with Gasteiger partial charge in [-0.1, -0.05) is 19.9 Å². The lowest BCUT2D eigenvalue weighted by molar-refractivity contribution is 0.0472. The summed E-state index contributed by atoms with van der Waals surface area (Å²) < 4.78 is 58.3. The van der Waals surface area contributed by atoms with Crippen LogP contribution in [0.15, 0.2) is 41.3 Å². The number of hydrogen-bond donors (Lipinski definition) is 0. The molecule has 0 aromatic heterocycles. The Hall–Kier alpha value is -2.65. The molecule has 2 aromatic rings. The highest BCUT2D eigenvalue weighted by atomic mass is 32.2. The molecule has 0 heterocycles. The van der Waals surface area contributed by atoms with Gasteiger partial charge in [0.25, 0.3) is 0 Å². The average molecular weight is 425 g/mol. The zero-order valence-electron chi connectivity index (χ0n) is 16.2. The number of carbonyl (C=O) groups is 2. The van der Waals surface area contributed by atoms with Gasteiger partial charge >= 0.3 is 5.97 Å². The van der Waals surface area contributed by atoms with E-state index in [4.69, 9.17) is 4.74 Å². The minimum atomic E-state index is -3.79.